The lowest BCUT2D eigenvalue weighted by Gasteiger charge is -2.13. The minimum atomic E-state index is 0.198. The standard InChI is InChI=1S/C14H30N2O/c1-4-13(9-10-15)7-8-14(17)16-11-5-6-12(2)3/h12-13H,4-11,15H2,1-3H3,(H,16,17). The van der Waals surface area contributed by atoms with Gasteiger partial charge in [0.15, 0.2) is 0 Å². The van der Waals surface area contributed by atoms with Gasteiger partial charge in [-0.2, -0.15) is 0 Å². The molecule has 1 amide bonds. The quantitative estimate of drug-likeness (QED) is 0.579. The third-order valence-electron chi connectivity index (χ3n) is 3.21. The molecular weight excluding hydrogens is 212 g/mol. The zero-order valence-corrected chi connectivity index (χ0v) is 11.8. The molecule has 1 atom stereocenters. The molecule has 0 radical (unpaired) electrons. The Kier molecular flexibility index (Phi) is 10.2. The second-order valence-corrected chi connectivity index (χ2v) is 5.28. The molecule has 0 aliphatic rings. The number of nitrogens with one attached hydrogen (secondary N) is 1. The van der Waals surface area contributed by atoms with Crippen LogP contribution in [0.3, 0.4) is 0 Å². The topological polar surface area (TPSA) is 55.1 Å². The Labute approximate surface area is 107 Å². The normalized spacial score (nSPS) is 12.8. The third-order valence-corrected chi connectivity index (χ3v) is 3.21. The van der Waals surface area contributed by atoms with Crippen LogP contribution in [0.25, 0.3) is 0 Å². The van der Waals surface area contributed by atoms with E-state index in [0.29, 0.717) is 12.3 Å². The lowest BCUT2D eigenvalue weighted by molar-refractivity contribution is -0.121. The monoisotopic (exact) mass is 242 g/mol. The number of rotatable bonds is 10. The molecule has 0 bridgehead atoms. The maximum atomic E-state index is 11.6. The molecule has 0 fully saturated rings. The Bertz CT molecular complexity index is 193. The maximum absolute atomic E-state index is 11.6. The van der Waals surface area contributed by atoms with Crippen LogP contribution in [-0.2, 0) is 4.79 Å². The number of hydrogen-bond acceptors (Lipinski definition) is 2. The summed E-state index contributed by atoms with van der Waals surface area (Å²) in [6, 6.07) is 0. The SMILES string of the molecule is CCC(CCN)CCC(=O)NCCCC(C)C. The Morgan fingerprint density at radius 2 is 1.94 bits per heavy atom. The van der Waals surface area contributed by atoms with Crippen LogP contribution in [-0.4, -0.2) is 19.0 Å². The van der Waals surface area contributed by atoms with Crippen LogP contribution in [0.4, 0.5) is 0 Å². The Morgan fingerprint density at radius 1 is 1.24 bits per heavy atom. The van der Waals surface area contributed by atoms with Gasteiger partial charge in [0, 0.05) is 13.0 Å². The summed E-state index contributed by atoms with van der Waals surface area (Å²) in [4.78, 5) is 11.6. The first kappa shape index (κ1) is 16.4. The summed E-state index contributed by atoms with van der Waals surface area (Å²) in [6.07, 6.45) is 6.06. The second kappa shape index (κ2) is 10.6. The molecule has 0 rings (SSSR count). The highest BCUT2D eigenvalue weighted by Gasteiger charge is 2.08. The number of nitrogens with two attached hydrogens (primary N) is 1. The first-order valence-corrected chi connectivity index (χ1v) is 7.06. The van der Waals surface area contributed by atoms with Crippen LogP contribution in [0, 0.1) is 11.8 Å². The highest BCUT2D eigenvalue weighted by Crippen LogP contribution is 2.14. The fourth-order valence-electron chi connectivity index (χ4n) is 1.95. The molecule has 0 aromatic rings. The molecule has 0 spiro atoms. The first-order chi connectivity index (χ1) is 8.10. The van der Waals surface area contributed by atoms with Gasteiger partial charge in [-0.25, -0.2) is 0 Å². The molecule has 1 unspecified atom stereocenters. The van der Waals surface area contributed by atoms with Gasteiger partial charge in [-0.05, 0) is 44.1 Å². The summed E-state index contributed by atoms with van der Waals surface area (Å²) >= 11 is 0. The molecule has 3 nitrogen and oxygen atoms in total. The fourth-order valence-corrected chi connectivity index (χ4v) is 1.95. The molecule has 17 heavy (non-hydrogen) atoms. The molecular formula is C14H30N2O. The number of hydrogen-bond donors (Lipinski definition) is 2. The summed E-state index contributed by atoms with van der Waals surface area (Å²) in [7, 11) is 0. The zero-order valence-electron chi connectivity index (χ0n) is 11.8. The van der Waals surface area contributed by atoms with E-state index in [-0.39, 0.29) is 5.91 Å². The molecule has 0 saturated carbocycles. The van der Waals surface area contributed by atoms with Crippen LogP contribution in [0.5, 0.6) is 0 Å². The third kappa shape index (κ3) is 10.3. The van der Waals surface area contributed by atoms with Crippen molar-refractivity contribution in [2.75, 3.05) is 13.1 Å². The van der Waals surface area contributed by atoms with E-state index >= 15 is 0 Å². The molecule has 0 aromatic heterocycles. The molecule has 0 aromatic carbocycles. The largest absolute Gasteiger partial charge is 0.356 e. The van der Waals surface area contributed by atoms with E-state index in [4.69, 9.17) is 5.73 Å². The average molecular weight is 242 g/mol. The predicted molar refractivity (Wildman–Crippen MR) is 73.8 cm³/mol. The van der Waals surface area contributed by atoms with E-state index in [2.05, 4.69) is 26.1 Å². The fraction of sp³-hybridized carbons (Fsp3) is 0.929. The van der Waals surface area contributed by atoms with Gasteiger partial charge in [-0.1, -0.05) is 27.2 Å². The van der Waals surface area contributed by atoms with Gasteiger partial charge < -0.3 is 11.1 Å². The summed E-state index contributed by atoms with van der Waals surface area (Å²) in [5.41, 5.74) is 5.54. The van der Waals surface area contributed by atoms with Crippen LogP contribution >= 0.6 is 0 Å². The van der Waals surface area contributed by atoms with Gasteiger partial charge in [0.2, 0.25) is 5.91 Å². The average Bonchev–Trinajstić information content (AvgIpc) is 2.29. The van der Waals surface area contributed by atoms with Crippen LogP contribution in [0.2, 0.25) is 0 Å². The zero-order chi connectivity index (χ0) is 13.1. The van der Waals surface area contributed by atoms with Gasteiger partial charge in [0.25, 0.3) is 0 Å². The Hall–Kier alpha value is -0.570. The number of amides is 1. The van der Waals surface area contributed by atoms with E-state index in [1.165, 1.54) is 6.42 Å². The number of carbonyl (C=O) groups is 1. The number of carbonyl (C=O) groups excluding carboxylic acids is 1. The van der Waals surface area contributed by atoms with Gasteiger partial charge in [-0.15, -0.1) is 0 Å². The minimum Gasteiger partial charge on any atom is -0.356 e. The lowest BCUT2D eigenvalue weighted by Crippen LogP contribution is -2.25. The summed E-state index contributed by atoms with van der Waals surface area (Å²) in [5, 5.41) is 2.99. The van der Waals surface area contributed by atoms with E-state index in [9.17, 15) is 4.79 Å². The molecule has 3 N–H and O–H groups in total. The smallest absolute Gasteiger partial charge is 0.220 e. The second-order valence-electron chi connectivity index (χ2n) is 5.28. The first-order valence-electron chi connectivity index (χ1n) is 7.06. The Morgan fingerprint density at radius 3 is 2.47 bits per heavy atom. The van der Waals surface area contributed by atoms with Crippen LogP contribution in [0.15, 0.2) is 0 Å². The van der Waals surface area contributed by atoms with Crippen molar-refractivity contribution in [1.82, 2.24) is 5.32 Å². The van der Waals surface area contributed by atoms with Crippen molar-refractivity contribution in [2.45, 2.75) is 59.3 Å². The van der Waals surface area contributed by atoms with Crippen molar-refractivity contribution in [3.8, 4) is 0 Å². The van der Waals surface area contributed by atoms with Crippen molar-refractivity contribution in [3.05, 3.63) is 0 Å². The van der Waals surface area contributed by atoms with Gasteiger partial charge in [0.05, 0.1) is 0 Å². The Balaban J connectivity index is 3.51. The van der Waals surface area contributed by atoms with Gasteiger partial charge in [0.1, 0.15) is 0 Å². The van der Waals surface area contributed by atoms with Crippen molar-refractivity contribution >= 4 is 5.91 Å². The molecule has 0 aliphatic heterocycles. The maximum Gasteiger partial charge on any atom is 0.220 e. The van der Waals surface area contributed by atoms with E-state index in [1.807, 2.05) is 0 Å². The molecule has 102 valence electrons. The van der Waals surface area contributed by atoms with E-state index < -0.39 is 0 Å². The van der Waals surface area contributed by atoms with E-state index in [1.54, 1.807) is 0 Å². The summed E-state index contributed by atoms with van der Waals surface area (Å²) in [5.74, 6) is 1.53. The lowest BCUT2D eigenvalue weighted by atomic mass is 9.96. The van der Waals surface area contributed by atoms with Crippen molar-refractivity contribution in [2.24, 2.45) is 17.6 Å². The molecule has 3 heteroatoms. The molecule has 0 heterocycles. The van der Waals surface area contributed by atoms with E-state index in [0.717, 1.165) is 44.7 Å². The van der Waals surface area contributed by atoms with Crippen LogP contribution < -0.4 is 11.1 Å². The highest BCUT2D eigenvalue weighted by molar-refractivity contribution is 5.75. The minimum absolute atomic E-state index is 0.198. The summed E-state index contributed by atoms with van der Waals surface area (Å²) < 4.78 is 0. The predicted octanol–water partition coefficient (Wildman–Crippen LogP) is 2.69. The summed E-state index contributed by atoms with van der Waals surface area (Å²) in [6.45, 7) is 8.14. The van der Waals surface area contributed by atoms with Crippen molar-refractivity contribution in [3.63, 3.8) is 0 Å². The highest BCUT2D eigenvalue weighted by atomic mass is 16.1. The van der Waals surface area contributed by atoms with Crippen LogP contribution in [0.1, 0.15) is 59.3 Å². The van der Waals surface area contributed by atoms with Crippen molar-refractivity contribution in [1.29, 1.82) is 0 Å². The van der Waals surface area contributed by atoms with Gasteiger partial charge >= 0.3 is 0 Å². The molecule has 0 aliphatic carbocycles. The van der Waals surface area contributed by atoms with Gasteiger partial charge in [-0.3, -0.25) is 4.79 Å². The van der Waals surface area contributed by atoms with Crippen molar-refractivity contribution < 1.29 is 4.79 Å². The molecule has 0 saturated heterocycles.